The Kier molecular flexibility index (Phi) is 3.97. The second kappa shape index (κ2) is 4.84. The highest BCUT2D eigenvalue weighted by Gasteiger charge is 2.05. The summed E-state index contributed by atoms with van der Waals surface area (Å²) in [5.41, 5.74) is 0.528. The van der Waals surface area contributed by atoms with Crippen LogP contribution in [0.2, 0.25) is 0 Å². The third-order valence-corrected chi connectivity index (χ3v) is 2.74. The number of benzene rings is 1. The minimum atomic E-state index is -3.49. The number of hydrogen-bond acceptors (Lipinski definition) is 4. The molecule has 0 bridgehead atoms. The Morgan fingerprint density at radius 1 is 1.47 bits per heavy atom. The molecular weight excluding hydrogens is 240 g/mol. The van der Waals surface area contributed by atoms with E-state index in [4.69, 9.17) is 4.55 Å². The first-order chi connectivity index (χ1) is 6.88. The minimum absolute atomic E-state index is 0.135. The van der Waals surface area contributed by atoms with Crippen molar-refractivity contribution < 1.29 is 21.4 Å². The quantitative estimate of drug-likeness (QED) is 0.629. The fourth-order valence-corrected chi connectivity index (χ4v) is 1.72. The molecule has 1 atom stereocenters. The molecule has 84 valence electrons. The molecule has 0 saturated heterocycles. The van der Waals surface area contributed by atoms with Gasteiger partial charge in [-0.15, -0.1) is 0 Å². The molecular formula is C8H10O5S2. The summed E-state index contributed by atoms with van der Waals surface area (Å²) in [5.74, 6) is 0. The Labute approximate surface area is 90.5 Å². The van der Waals surface area contributed by atoms with Gasteiger partial charge in [-0.1, -0.05) is 12.1 Å². The maximum Gasteiger partial charge on any atom is 0.264 e. The molecule has 1 aromatic rings. The molecule has 0 spiro atoms. The van der Waals surface area contributed by atoms with Gasteiger partial charge in [0, 0.05) is 0 Å². The van der Waals surface area contributed by atoms with E-state index in [1.54, 1.807) is 12.1 Å². The minimum Gasteiger partial charge on any atom is -0.302 e. The first kappa shape index (κ1) is 12.3. The van der Waals surface area contributed by atoms with E-state index >= 15 is 0 Å². The Balaban J connectivity index is 2.79. The highest BCUT2D eigenvalue weighted by molar-refractivity contribution is 7.85. The topological polar surface area (TPSA) is 80.7 Å². The van der Waals surface area contributed by atoms with Crippen LogP contribution in [0.5, 0.6) is 0 Å². The van der Waals surface area contributed by atoms with Crippen molar-refractivity contribution in [2.45, 2.75) is 11.5 Å². The first-order valence-electron chi connectivity index (χ1n) is 3.93. The van der Waals surface area contributed by atoms with Crippen LogP contribution >= 0.6 is 0 Å². The van der Waals surface area contributed by atoms with E-state index < -0.39 is 21.2 Å². The van der Waals surface area contributed by atoms with Gasteiger partial charge in [0.05, 0.1) is 17.8 Å². The van der Waals surface area contributed by atoms with Gasteiger partial charge in [-0.2, -0.15) is 8.42 Å². The van der Waals surface area contributed by atoms with E-state index in [9.17, 15) is 12.6 Å². The summed E-state index contributed by atoms with van der Waals surface area (Å²) in [5, 5.41) is 0. The van der Waals surface area contributed by atoms with E-state index in [-0.39, 0.29) is 11.5 Å². The highest BCUT2D eigenvalue weighted by atomic mass is 32.2. The van der Waals surface area contributed by atoms with Gasteiger partial charge in [-0.3, -0.25) is 4.18 Å². The normalized spacial score (nSPS) is 13.7. The van der Waals surface area contributed by atoms with Gasteiger partial charge in [-0.05, 0) is 17.7 Å². The van der Waals surface area contributed by atoms with Crippen molar-refractivity contribution in [3.63, 3.8) is 0 Å². The average Bonchev–Trinajstić information content (AvgIpc) is 2.14. The van der Waals surface area contributed by atoms with Crippen molar-refractivity contribution in [3.05, 3.63) is 29.8 Å². The molecule has 5 nitrogen and oxygen atoms in total. The van der Waals surface area contributed by atoms with E-state index in [0.29, 0.717) is 5.56 Å². The molecule has 1 N–H and O–H groups in total. The molecule has 0 heterocycles. The summed E-state index contributed by atoms with van der Waals surface area (Å²) in [7, 11) is -3.49. The standard InChI is InChI=1S/C8H10O5S2/c1-15(11,12)13-6-7-3-2-4-8(5-7)14(9)10/h2-5H,6H2,1H3,(H,9,10). The molecule has 0 radical (unpaired) electrons. The van der Waals surface area contributed by atoms with Gasteiger partial charge >= 0.3 is 0 Å². The average molecular weight is 250 g/mol. The largest absolute Gasteiger partial charge is 0.302 e. The molecule has 0 aliphatic heterocycles. The van der Waals surface area contributed by atoms with Crippen molar-refractivity contribution in [2.24, 2.45) is 0 Å². The van der Waals surface area contributed by atoms with Crippen LogP contribution in [0.25, 0.3) is 0 Å². The summed E-state index contributed by atoms with van der Waals surface area (Å²) in [6, 6.07) is 6.06. The van der Waals surface area contributed by atoms with Crippen LogP contribution in [0.15, 0.2) is 29.2 Å². The molecule has 0 saturated carbocycles. The third-order valence-electron chi connectivity index (χ3n) is 1.54. The SMILES string of the molecule is CS(=O)(=O)OCc1cccc(S(=O)O)c1. The van der Waals surface area contributed by atoms with Gasteiger partial charge in [0.15, 0.2) is 11.1 Å². The fraction of sp³-hybridized carbons (Fsp3) is 0.250. The second-order valence-corrected chi connectivity index (χ2v) is 5.48. The molecule has 15 heavy (non-hydrogen) atoms. The van der Waals surface area contributed by atoms with Crippen LogP contribution < -0.4 is 0 Å². The third kappa shape index (κ3) is 4.52. The Morgan fingerprint density at radius 2 is 2.13 bits per heavy atom. The summed E-state index contributed by atoms with van der Waals surface area (Å²) in [6.07, 6.45) is 0.945. The predicted molar refractivity (Wildman–Crippen MR) is 55.1 cm³/mol. The first-order valence-corrected chi connectivity index (χ1v) is 6.85. The lowest BCUT2D eigenvalue weighted by Gasteiger charge is -2.02. The number of rotatable bonds is 4. The van der Waals surface area contributed by atoms with Crippen LogP contribution in [0.1, 0.15) is 5.56 Å². The van der Waals surface area contributed by atoms with Gasteiger partial charge < -0.3 is 4.55 Å². The van der Waals surface area contributed by atoms with E-state index in [1.165, 1.54) is 12.1 Å². The van der Waals surface area contributed by atoms with Gasteiger partial charge in [-0.25, -0.2) is 4.21 Å². The van der Waals surface area contributed by atoms with Crippen molar-refractivity contribution in [3.8, 4) is 0 Å². The maximum atomic E-state index is 10.7. The zero-order valence-electron chi connectivity index (χ0n) is 7.91. The molecule has 1 rings (SSSR count). The molecule has 0 aliphatic carbocycles. The van der Waals surface area contributed by atoms with E-state index in [2.05, 4.69) is 4.18 Å². The van der Waals surface area contributed by atoms with E-state index in [1.807, 2.05) is 0 Å². The Morgan fingerprint density at radius 3 is 2.67 bits per heavy atom. The maximum absolute atomic E-state index is 10.7. The summed E-state index contributed by atoms with van der Waals surface area (Å²) < 4.78 is 45.4. The zero-order chi connectivity index (χ0) is 11.5. The predicted octanol–water partition coefficient (Wildman–Crippen LogP) is 0.743. The zero-order valence-corrected chi connectivity index (χ0v) is 9.55. The van der Waals surface area contributed by atoms with Gasteiger partial charge in [0.25, 0.3) is 10.1 Å². The Bertz CT molecular complexity index is 466. The van der Waals surface area contributed by atoms with Crippen LogP contribution in [0, 0.1) is 0 Å². The lowest BCUT2D eigenvalue weighted by Crippen LogP contribution is -2.03. The Hall–Kier alpha value is -0.760. The monoisotopic (exact) mass is 250 g/mol. The van der Waals surface area contributed by atoms with Gasteiger partial charge in [0.2, 0.25) is 0 Å². The molecule has 1 unspecified atom stereocenters. The fourth-order valence-electron chi connectivity index (χ4n) is 0.919. The second-order valence-electron chi connectivity index (χ2n) is 2.86. The molecule has 7 heteroatoms. The van der Waals surface area contributed by atoms with Crippen molar-refractivity contribution >= 4 is 21.2 Å². The molecule has 0 fully saturated rings. The van der Waals surface area contributed by atoms with Crippen molar-refractivity contribution in [1.82, 2.24) is 0 Å². The van der Waals surface area contributed by atoms with Crippen LogP contribution in [-0.2, 0) is 32.0 Å². The van der Waals surface area contributed by atoms with Crippen molar-refractivity contribution in [1.29, 1.82) is 0 Å². The van der Waals surface area contributed by atoms with Crippen LogP contribution in [0.3, 0.4) is 0 Å². The molecule has 0 amide bonds. The molecule has 1 aromatic carbocycles. The number of hydrogen-bond donors (Lipinski definition) is 1. The highest BCUT2D eigenvalue weighted by Crippen LogP contribution is 2.10. The molecule has 0 aromatic heterocycles. The van der Waals surface area contributed by atoms with Crippen molar-refractivity contribution in [2.75, 3.05) is 6.26 Å². The van der Waals surface area contributed by atoms with E-state index in [0.717, 1.165) is 6.26 Å². The van der Waals surface area contributed by atoms with Crippen LogP contribution in [-0.4, -0.2) is 23.4 Å². The summed E-state index contributed by atoms with van der Waals surface area (Å²) >= 11 is -2.07. The smallest absolute Gasteiger partial charge is 0.264 e. The summed E-state index contributed by atoms with van der Waals surface area (Å²) in [4.78, 5) is 0.213. The lowest BCUT2D eigenvalue weighted by molar-refractivity contribution is 0.311. The molecule has 0 aliphatic rings. The van der Waals surface area contributed by atoms with Crippen LogP contribution in [0.4, 0.5) is 0 Å². The summed E-state index contributed by atoms with van der Waals surface area (Å²) in [6.45, 7) is -0.135. The lowest BCUT2D eigenvalue weighted by atomic mass is 10.2. The van der Waals surface area contributed by atoms with Gasteiger partial charge in [0.1, 0.15) is 0 Å².